The lowest BCUT2D eigenvalue weighted by atomic mass is 10.0. The minimum Gasteiger partial charge on any atom is -0.371 e. The number of amides is 2. The predicted octanol–water partition coefficient (Wildman–Crippen LogP) is 3.33. The van der Waals surface area contributed by atoms with Crippen molar-refractivity contribution in [3.63, 3.8) is 0 Å². The summed E-state index contributed by atoms with van der Waals surface area (Å²) in [5.74, 6) is -0.267. The van der Waals surface area contributed by atoms with Gasteiger partial charge in [0.05, 0.1) is 0 Å². The van der Waals surface area contributed by atoms with Crippen molar-refractivity contribution in [3.8, 4) is 0 Å². The molecule has 7 nitrogen and oxygen atoms in total. The van der Waals surface area contributed by atoms with Crippen LogP contribution in [0.4, 0.5) is 5.69 Å². The number of nitrogens with one attached hydrogen (secondary N) is 4. The van der Waals surface area contributed by atoms with E-state index in [-0.39, 0.29) is 11.8 Å². The molecule has 34 heavy (non-hydrogen) atoms. The van der Waals surface area contributed by atoms with E-state index in [1.807, 2.05) is 24.3 Å². The first kappa shape index (κ1) is 22.5. The maximum Gasteiger partial charge on any atom is 0.251 e. The summed E-state index contributed by atoms with van der Waals surface area (Å²) >= 11 is 0. The van der Waals surface area contributed by atoms with Crippen molar-refractivity contribution in [1.29, 1.82) is 0 Å². The molecule has 3 aromatic rings. The Labute approximate surface area is 200 Å². The molecule has 0 saturated carbocycles. The molecule has 0 aliphatic carbocycles. The van der Waals surface area contributed by atoms with E-state index in [1.165, 1.54) is 16.6 Å². The monoisotopic (exact) mass is 459 g/mol. The molecular weight excluding hydrogens is 426 g/mol. The van der Waals surface area contributed by atoms with Crippen molar-refractivity contribution >= 4 is 28.4 Å². The Bertz CT molecular complexity index is 1100. The molecule has 3 heterocycles. The molecule has 2 aromatic carbocycles. The lowest BCUT2D eigenvalue weighted by molar-refractivity contribution is -0.122. The van der Waals surface area contributed by atoms with Gasteiger partial charge in [-0.25, -0.2) is 0 Å². The third-order valence-electron chi connectivity index (χ3n) is 7.00. The highest BCUT2D eigenvalue weighted by atomic mass is 16.2. The topological polar surface area (TPSA) is 89.3 Å². The Kier molecular flexibility index (Phi) is 6.81. The standard InChI is InChI=1S/C27H33N5O2/c33-26(31-25-7-3-4-14-28-27(25)34)19-8-10-23(11-9-19)32-15-12-21(13-16-32)29-18-22-17-20-5-1-2-6-24(20)30-22/h1-2,5-6,8-11,17,21,25,29-30H,3-4,7,12-16,18H2,(H,28,34)(H,31,33)/t25-/m0/s1. The summed E-state index contributed by atoms with van der Waals surface area (Å²) in [6, 6.07) is 18.4. The minimum atomic E-state index is -0.439. The molecule has 7 heteroatoms. The molecule has 2 aliphatic heterocycles. The van der Waals surface area contributed by atoms with Crippen molar-refractivity contribution in [2.75, 3.05) is 24.5 Å². The number of hydrogen-bond donors (Lipinski definition) is 4. The van der Waals surface area contributed by atoms with E-state index in [2.05, 4.69) is 56.2 Å². The van der Waals surface area contributed by atoms with Gasteiger partial charge in [0.15, 0.2) is 0 Å². The van der Waals surface area contributed by atoms with Crippen molar-refractivity contribution in [2.24, 2.45) is 0 Å². The molecule has 2 fully saturated rings. The molecule has 5 rings (SSSR count). The number of aromatic nitrogens is 1. The molecule has 0 bridgehead atoms. The average Bonchev–Trinajstić information content (AvgIpc) is 3.19. The van der Waals surface area contributed by atoms with Crippen LogP contribution in [0.5, 0.6) is 0 Å². The second-order valence-electron chi connectivity index (χ2n) is 9.38. The molecule has 178 valence electrons. The van der Waals surface area contributed by atoms with E-state index in [0.717, 1.165) is 51.0 Å². The van der Waals surface area contributed by atoms with E-state index in [1.54, 1.807) is 0 Å². The molecule has 2 aliphatic rings. The Morgan fingerprint density at radius 3 is 2.59 bits per heavy atom. The van der Waals surface area contributed by atoms with Gasteiger partial charge in [0, 0.05) is 54.7 Å². The van der Waals surface area contributed by atoms with Crippen molar-refractivity contribution in [3.05, 3.63) is 65.9 Å². The Hall–Kier alpha value is -3.32. The van der Waals surface area contributed by atoms with E-state index in [0.29, 0.717) is 24.6 Å². The number of para-hydroxylation sites is 1. The quantitative estimate of drug-likeness (QED) is 0.455. The molecule has 4 N–H and O–H groups in total. The van der Waals surface area contributed by atoms with Crippen LogP contribution in [0.15, 0.2) is 54.6 Å². The fraction of sp³-hybridized carbons (Fsp3) is 0.407. The third kappa shape index (κ3) is 5.25. The molecular formula is C27H33N5O2. The smallest absolute Gasteiger partial charge is 0.251 e. The van der Waals surface area contributed by atoms with Crippen LogP contribution in [0.1, 0.15) is 48.2 Å². The number of carbonyl (C=O) groups excluding carboxylic acids is 2. The van der Waals surface area contributed by atoms with Gasteiger partial charge in [-0.2, -0.15) is 0 Å². The van der Waals surface area contributed by atoms with Crippen LogP contribution < -0.4 is 20.9 Å². The van der Waals surface area contributed by atoms with Crippen LogP contribution >= 0.6 is 0 Å². The summed E-state index contributed by atoms with van der Waals surface area (Å²) in [5, 5.41) is 10.7. The number of fused-ring (bicyclic) bond motifs is 1. The van der Waals surface area contributed by atoms with Crippen molar-refractivity contribution < 1.29 is 9.59 Å². The summed E-state index contributed by atoms with van der Waals surface area (Å²) in [7, 11) is 0. The summed E-state index contributed by atoms with van der Waals surface area (Å²) in [5.41, 5.74) is 4.14. The fourth-order valence-electron chi connectivity index (χ4n) is 4.97. The zero-order valence-electron chi connectivity index (χ0n) is 19.5. The highest BCUT2D eigenvalue weighted by Crippen LogP contribution is 2.22. The first-order valence-electron chi connectivity index (χ1n) is 12.4. The fourth-order valence-corrected chi connectivity index (χ4v) is 4.97. The average molecular weight is 460 g/mol. The molecule has 0 spiro atoms. The van der Waals surface area contributed by atoms with Gasteiger partial charge in [0.2, 0.25) is 5.91 Å². The van der Waals surface area contributed by atoms with Gasteiger partial charge in [-0.1, -0.05) is 18.2 Å². The van der Waals surface area contributed by atoms with Crippen molar-refractivity contribution in [1.82, 2.24) is 20.9 Å². The number of carbonyl (C=O) groups is 2. The number of benzene rings is 2. The zero-order valence-corrected chi connectivity index (χ0v) is 19.5. The highest BCUT2D eigenvalue weighted by Gasteiger charge is 2.23. The van der Waals surface area contributed by atoms with Gasteiger partial charge in [-0.05, 0) is 73.9 Å². The van der Waals surface area contributed by atoms with E-state index < -0.39 is 6.04 Å². The van der Waals surface area contributed by atoms with Crippen LogP contribution in [0.2, 0.25) is 0 Å². The van der Waals surface area contributed by atoms with Crippen molar-refractivity contribution in [2.45, 2.75) is 50.7 Å². The Morgan fingerprint density at radius 2 is 1.79 bits per heavy atom. The molecule has 0 radical (unpaired) electrons. The molecule has 2 saturated heterocycles. The van der Waals surface area contributed by atoms with Crippen LogP contribution in [0.3, 0.4) is 0 Å². The van der Waals surface area contributed by atoms with Gasteiger partial charge in [0.25, 0.3) is 5.91 Å². The number of piperidine rings is 1. The third-order valence-corrected chi connectivity index (χ3v) is 7.00. The second kappa shape index (κ2) is 10.3. The second-order valence-corrected chi connectivity index (χ2v) is 9.38. The summed E-state index contributed by atoms with van der Waals surface area (Å²) in [6.45, 7) is 3.51. The number of hydrogen-bond acceptors (Lipinski definition) is 4. The Balaban J connectivity index is 1.10. The predicted molar refractivity (Wildman–Crippen MR) is 135 cm³/mol. The lowest BCUT2D eigenvalue weighted by Gasteiger charge is -2.34. The van der Waals surface area contributed by atoms with Gasteiger partial charge in [-0.15, -0.1) is 0 Å². The van der Waals surface area contributed by atoms with Gasteiger partial charge in [0.1, 0.15) is 6.04 Å². The van der Waals surface area contributed by atoms with E-state index in [9.17, 15) is 9.59 Å². The summed E-state index contributed by atoms with van der Waals surface area (Å²) < 4.78 is 0. The van der Waals surface area contributed by atoms with Gasteiger partial charge >= 0.3 is 0 Å². The normalized spacial score (nSPS) is 19.6. The number of H-pyrrole nitrogens is 1. The van der Waals surface area contributed by atoms with Crippen LogP contribution in [-0.2, 0) is 11.3 Å². The van der Waals surface area contributed by atoms with E-state index >= 15 is 0 Å². The molecule has 2 amide bonds. The largest absolute Gasteiger partial charge is 0.371 e. The van der Waals surface area contributed by atoms with Gasteiger partial charge < -0.3 is 25.8 Å². The SMILES string of the molecule is O=C(N[C@H]1CCCCNC1=O)c1ccc(N2CCC(NCc3cc4ccccc4[nH]3)CC2)cc1. The maximum atomic E-state index is 12.6. The van der Waals surface area contributed by atoms with Crippen LogP contribution in [0, 0.1) is 0 Å². The zero-order chi connectivity index (χ0) is 23.3. The first-order valence-corrected chi connectivity index (χ1v) is 12.4. The number of rotatable bonds is 6. The first-order chi connectivity index (χ1) is 16.7. The van der Waals surface area contributed by atoms with Crippen LogP contribution in [0.25, 0.3) is 10.9 Å². The van der Waals surface area contributed by atoms with E-state index in [4.69, 9.17) is 0 Å². The van der Waals surface area contributed by atoms with Gasteiger partial charge in [-0.3, -0.25) is 9.59 Å². The molecule has 1 atom stereocenters. The summed E-state index contributed by atoms with van der Waals surface area (Å²) in [6.07, 6.45) is 4.76. The minimum absolute atomic E-state index is 0.0801. The molecule has 1 aromatic heterocycles. The van der Waals surface area contributed by atoms with Crippen LogP contribution in [-0.4, -0.2) is 48.5 Å². The summed E-state index contributed by atoms with van der Waals surface area (Å²) in [4.78, 5) is 30.6. The maximum absolute atomic E-state index is 12.6. The highest BCUT2D eigenvalue weighted by molar-refractivity contribution is 5.97. The number of nitrogens with zero attached hydrogens (tertiary/aromatic N) is 1. The number of aromatic amines is 1. The Morgan fingerprint density at radius 1 is 1.00 bits per heavy atom. The number of anilines is 1. The molecule has 0 unspecified atom stereocenters. The lowest BCUT2D eigenvalue weighted by Crippen LogP contribution is -2.45.